The summed E-state index contributed by atoms with van der Waals surface area (Å²) in [6, 6.07) is 5.23. The van der Waals surface area contributed by atoms with Crippen molar-refractivity contribution in [1.29, 1.82) is 0 Å². The molecule has 0 aromatic heterocycles. The summed E-state index contributed by atoms with van der Waals surface area (Å²) in [5, 5.41) is 8.62. The highest BCUT2D eigenvalue weighted by Crippen LogP contribution is 2.21. The highest BCUT2D eigenvalue weighted by Gasteiger charge is 2.26. The van der Waals surface area contributed by atoms with Gasteiger partial charge in [-0.05, 0) is 43.5 Å². The van der Waals surface area contributed by atoms with E-state index >= 15 is 0 Å². The Morgan fingerprint density at radius 2 is 2.16 bits per heavy atom. The Kier molecular flexibility index (Phi) is 4.10. The second-order valence-corrected chi connectivity index (χ2v) is 5.93. The quantitative estimate of drug-likeness (QED) is 0.712. The van der Waals surface area contributed by atoms with Crippen LogP contribution in [0.1, 0.15) is 24.0 Å². The van der Waals surface area contributed by atoms with Crippen LogP contribution in [0.4, 0.5) is 5.69 Å². The van der Waals surface area contributed by atoms with Gasteiger partial charge in [0.1, 0.15) is 6.61 Å². The van der Waals surface area contributed by atoms with Gasteiger partial charge in [0.2, 0.25) is 0 Å². The number of rotatable bonds is 4. The molecular weight excluding hydrogens is 264 g/mol. The zero-order valence-corrected chi connectivity index (χ0v) is 11.4. The fourth-order valence-corrected chi connectivity index (χ4v) is 2.84. The molecule has 6 heteroatoms. The van der Waals surface area contributed by atoms with Crippen LogP contribution in [0.15, 0.2) is 18.2 Å². The van der Waals surface area contributed by atoms with Crippen molar-refractivity contribution in [1.82, 2.24) is 4.72 Å². The summed E-state index contributed by atoms with van der Waals surface area (Å²) in [4.78, 5) is 0. The Morgan fingerprint density at radius 1 is 1.42 bits per heavy atom. The molecule has 0 radical (unpaired) electrons. The summed E-state index contributed by atoms with van der Waals surface area (Å²) in [6.07, 6.45) is 1.80. The third-order valence-electron chi connectivity index (χ3n) is 2.68. The molecule has 0 unspecified atom stereocenters. The lowest BCUT2D eigenvalue weighted by atomic mass is 10.1. The Hall–Kier alpha value is -1.55. The topological polar surface area (TPSA) is 78.4 Å². The van der Waals surface area contributed by atoms with E-state index in [2.05, 4.69) is 21.3 Å². The highest BCUT2D eigenvalue weighted by atomic mass is 32.2. The zero-order chi connectivity index (χ0) is 13.9. The van der Waals surface area contributed by atoms with Gasteiger partial charge < -0.3 is 5.11 Å². The van der Waals surface area contributed by atoms with Gasteiger partial charge in [-0.2, -0.15) is 13.1 Å². The molecule has 2 rings (SSSR count). The van der Waals surface area contributed by atoms with Crippen molar-refractivity contribution in [3.05, 3.63) is 29.3 Å². The van der Waals surface area contributed by atoms with Crippen LogP contribution in [0.3, 0.4) is 0 Å². The van der Waals surface area contributed by atoms with Crippen LogP contribution in [0.2, 0.25) is 0 Å². The van der Waals surface area contributed by atoms with Crippen molar-refractivity contribution in [3.63, 3.8) is 0 Å². The van der Waals surface area contributed by atoms with Gasteiger partial charge >= 0.3 is 0 Å². The molecule has 1 fully saturated rings. The lowest BCUT2D eigenvalue weighted by Gasteiger charge is -2.11. The monoisotopic (exact) mass is 280 g/mol. The molecule has 5 nitrogen and oxygen atoms in total. The van der Waals surface area contributed by atoms with E-state index in [9.17, 15) is 8.42 Å². The minimum absolute atomic E-state index is 0.0764. The van der Waals surface area contributed by atoms with Crippen LogP contribution in [-0.2, 0) is 10.2 Å². The van der Waals surface area contributed by atoms with Crippen molar-refractivity contribution in [2.24, 2.45) is 0 Å². The number of nitrogens with one attached hydrogen (secondary N) is 2. The van der Waals surface area contributed by atoms with Gasteiger partial charge in [0.05, 0.1) is 5.69 Å². The Balaban J connectivity index is 2.12. The molecule has 0 bridgehead atoms. The van der Waals surface area contributed by atoms with Crippen molar-refractivity contribution >= 4 is 15.9 Å². The zero-order valence-electron chi connectivity index (χ0n) is 10.6. The summed E-state index contributed by atoms with van der Waals surface area (Å²) in [7, 11) is -3.50. The van der Waals surface area contributed by atoms with Gasteiger partial charge in [-0.15, -0.1) is 0 Å². The van der Waals surface area contributed by atoms with E-state index in [0.717, 1.165) is 24.0 Å². The van der Waals surface area contributed by atoms with E-state index in [0.29, 0.717) is 5.69 Å². The third kappa shape index (κ3) is 4.24. The lowest BCUT2D eigenvalue weighted by molar-refractivity contribution is 0.350. The van der Waals surface area contributed by atoms with Crippen LogP contribution >= 0.6 is 0 Å². The number of aliphatic hydroxyl groups is 1. The third-order valence-corrected chi connectivity index (χ3v) is 3.81. The van der Waals surface area contributed by atoms with Gasteiger partial charge in [-0.3, -0.25) is 4.72 Å². The molecule has 1 aliphatic rings. The first kappa shape index (κ1) is 13.9. The van der Waals surface area contributed by atoms with Gasteiger partial charge in [0.15, 0.2) is 0 Å². The first-order chi connectivity index (χ1) is 9.00. The molecular formula is C13H16N2O3S. The van der Waals surface area contributed by atoms with Gasteiger partial charge in [0, 0.05) is 11.6 Å². The predicted octanol–water partition coefficient (Wildman–Crippen LogP) is 0.748. The lowest BCUT2D eigenvalue weighted by Crippen LogP contribution is -2.31. The molecule has 1 aliphatic carbocycles. The number of aryl methyl sites for hydroxylation is 1. The smallest absolute Gasteiger partial charge is 0.299 e. The van der Waals surface area contributed by atoms with Gasteiger partial charge in [-0.25, -0.2) is 0 Å². The number of benzene rings is 1. The largest absolute Gasteiger partial charge is 0.384 e. The fourth-order valence-electron chi connectivity index (χ4n) is 1.59. The Morgan fingerprint density at radius 3 is 2.74 bits per heavy atom. The summed E-state index contributed by atoms with van der Waals surface area (Å²) in [5.41, 5.74) is 2.05. The van der Waals surface area contributed by atoms with E-state index in [-0.39, 0.29) is 12.6 Å². The molecule has 0 spiro atoms. The van der Waals surface area contributed by atoms with E-state index in [1.165, 1.54) is 0 Å². The number of aliphatic hydroxyl groups excluding tert-OH is 1. The number of anilines is 1. The molecule has 1 aromatic rings. The Bertz CT molecular complexity index is 625. The highest BCUT2D eigenvalue weighted by molar-refractivity contribution is 7.90. The van der Waals surface area contributed by atoms with E-state index in [1.54, 1.807) is 25.1 Å². The fraction of sp³-hybridized carbons (Fsp3) is 0.385. The van der Waals surface area contributed by atoms with Crippen molar-refractivity contribution in [3.8, 4) is 11.8 Å². The molecule has 19 heavy (non-hydrogen) atoms. The maximum Gasteiger partial charge on any atom is 0.299 e. The van der Waals surface area contributed by atoms with Gasteiger partial charge in [-0.1, -0.05) is 11.8 Å². The van der Waals surface area contributed by atoms with Crippen LogP contribution in [-0.4, -0.2) is 26.2 Å². The molecule has 0 aliphatic heterocycles. The summed E-state index contributed by atoms with van der Waals surface area (Å²) >= 11 is 0. The van der Waals surface area contributed by atoms with E-state index in [4.69, 9.17) is 5.11 Å². The Labute approximate surface area is 113 Å². The maximum absolute atomic E-state index is 11.8. The molecule has 0 heterocycles. The molecule has 3 N–H and O–H groups in total. The average Bonchev–Trinajstić information content (AvgIpc) is 3.12. The van der Waals surface area contributed by atoms with Crippen LogP contribution in [0.5, 0.6) is 0 Å². The predicted molar refractivity (Wildman–Crippen MR) is 73.8 cm³/mol. The number of hydrogen-bond acceptors (Lipinski definition) is 3. The van der Waals surface area contributed by atoms with Gasteiger partial charge in [0.25, 0.3) is 10.2 Å². The SMILES string of the molecule is Cc1cc(C#CCO)ccc1NS(=O)(=O)NC1CC1. The maximum atomic E-state index is 11.8. The second kappa shape index (κ2) is 5.61. The summed E-state index contributed by atoms with van der Waals surface area (Å²) < 4.78 is 28.6. The molecule has 1 saturated carbocycles. The summed E-state index contributed by atoms with van der Waals surface area (Å²) in [5.74, 6) is 5.32. The standard InChI is InChI=1S/C13H16N2O3S/c1-10-9-11(3-2-8-16)4-7-13(10)15-19(17,18)14-12-5-6-12/h4,7,9,12,14-16H,5-6,8H2,1H3. The molecule has 0 saturated heterocycles. The normalized spacial score (nSPS) is 14.6. The van der Waals surface area contributed by atoms with Crippen molar-refractivity contribution < 1.29 is 13.5 Å². The summed E-state index contributed by atoms with van der Waals surface area (Å²) in [6.45, 7) is 1.61. The molecule has 0 amide bonds. The minimum atomic E-state index is -3.50. The minimum Gasteiger partial charge on any atom is -0.384 e. The average molecular weight is 280 g/mol. The molecule has 102 valence electrons. The van der Waals surface area contributed by atoms with E-state index < -0.39 is 10.2 Å². The first-order valence-electron chi connectivity index (χ1n) is 6.00. The van der Waals surface area contributed by atoms with Crippen molar-refractivity contribution in [2.75, 3.05) is 11.3 Å². The van der Waals surface area contributed by atoms with E-state index in [1.807, 2.05) is 0 Å². The molecule has 1 aromatic carbocycles. The van der Waals surface area contributed by atoms with Crippen molar-refractivity contribution in [2.45, 2.75) is 25.8 Å². The number of hydrogen-bond donors (Lipinski definition) is 3. The van der Waals surface area contributed by atoms with Crippen LogP contribution < -0.4 is 9.44 Å². The van der Waals surface area contributed by atoms with Crippen LogP contribution in [0.25, 0.3) is 0 Å². The molecule has 0 atom stereocenters. The van der Waals surface area contributed by atoms with Crippen LogP contribution in [0, 0.1) is 18.8 Å². The first-order valence-corrected chi connectivity index (χ1v) is 7.49. The second-order valence-electron chi connectivity index (χ2n) is 4.49.